The summed E-state index contributed by atoms with van der Waals surface area (Å²) in [6.45, 7) is 4.99. The number of hydrogen-bond donors (Lipinski definition) is 2. The topological polar surface area (TPSA) is 66.4 Å². The van der Waals surface area contributed by atoms with Crippen LogP contribution in [0.1, 0.15) is 13.8 Å². The molecule has 0 heterocycles. The molecule has 84 valence electrons. The fourth-order valence-electron chi connectivity index (χ4n) is 1.07. The van der Waals surface area contributed by atoms with E-state index in [-0.39, 0.29) is 4.90 Å². The van der Waals surface area contributed by atoms with E-state index in [9.17, 15) is 8.42 Å². The first-order valence-electron chi connectivity index (χ1n) is 4.71. The number of anilines is 1. The van der Waals surface area contributed by atoms with Gasteiger partial charge in [-0.1, -0.05) is 13.8 Å². The van der Waals surface area contributed by atoms with Gasteiger partial charge < -0.3 is 5.32 Å². The van der Waals surface area contributed by atoms with Gasteiger partial charge in [0.05, 0.1) is 4.90 Å². The molecule has 0 aliphatic rings. The maximum Gasteiger partial charge on any atom is 0.294 e. The van der Waals surface area contributed by atoms with Crippen molar-refractivity contribution in [2.75, 3.05) is 11.9 Å². The van der Waals surface area contributed by atoms with Gasteiger partial charge in [0.2, 0.25) is 0 Å². The van der Waals surface area contributed by atoms with Gasteiger partial charge in [-0.2, -0.15) is 8.42 Å². The Morgan fingerprint density at radius 1 is 1.27 bits per heavy atom. The lowest BCUT2D eigenvalue weighted by molar-refractivity contribution is 0.483. The SMILES string of the molecule is CC(C)CNc1ccc(S(=O)(=O)O)cc1. The molecule has 0 unspecified atom stereocenters. The van der Waals surface area contributed by atoms with E-state index in [1.54, 1.807) is 12.1 Å². The van der Waals surface area contributed by atoms with Gasteiger partial charge in [-0.15, -0.1) is 0 Å². The molecule has 2 N–H and O–H groups in total. The van der Waals surface area contributed by atoms with Crippen molar-refractivity contribution in [3.8, 4) is 0 Å². The van der Waals surface area contributed by atoms with E-state index in [4.69, 9.17) is 4.55 Å². The van der Waals surface area contributed by atoms with Gasteiger partial charge in [0.1, 0.15) is 0 Å². The van der Waals surface area contributed by atoms with E-state index >= 15 is 0 Å². The Hall–Kier alpha value is -1.07. The third-order valence-corrected chi connectivity index (χ3v) is 2.73. The monoisotopic (exact) mass is 229 g/mol. The van der Waals surface area contributed by atoms with Crippen molar-refractivity contribution < 1.29 is 13.0 Å². The standard InChI is InChI=1S/C10H15NO3S/c1-8(2)7-11-9-3-5-10(6-4-9)15(12,13)14/h3-6,8,11H,7H2,1-2H3,(H,12,13,14). The Kier molecular flexibility index (Phi) is 3.71. The van der Waals surface area contributed by atoms with Crippen molar-refractivity contribution in [2.24, 2.45) is 5.92 Å². The van der Waals surface area contributed by atoms with Crippen LogP contribution in [0.5, 0.6) is 0 Å². The smallest absolute Gasteiger partial charge is 0.294 e. The van der Waals surface area contributed by atoms with Crippen LogP contribution < -0.4 is 5.32 Å². The predicted molar refractivity (Wildman–Crippen MR) is 59.6 cm³/mol. The number of nitrogens with one attached hydrogen (secondary N) is 1. The van der Waals surface area contributed by atoms with Crippen LogP contribution in [-0.2, 0) is 10.1 Å². The number of benzene rings is 1. The summed E-state index contributed by atoms with van der Waals surface area (Å²) in [6, 6.07) is 6.01. The third kappa shape index (κ3) is 3.89. The zero-order valence-electron chi connectivity index (χ0n) is 8.77. The number of rotatable bonds is 4. The van der Waals surface area contributed by atoms with Crippen LogP contribution in [0.4, 0.5) is 5.69 Å². The van der Waals surface area contributed by atoms with Gasteiger partial charge in [-0.25, -0.2) is 0 Å². The van der Waals surface area contributed by atoms with Crippen LogP contribution in [0, 0.1) is 5.92 Å². The van der Waals surface area contributed by atoms with Gasteiger partial charge in [0, 0.05) is 12.2 Å². The van der Waals surface area contributed by atoms with Gasteiger partial charge >= 0.3 is 0 Å². The van der Waals surface area contributed by atoms with Gasteiger partial charge in [-0.3, -0.25) is 4.55 Å². The molecule has 0 fully saturated rings. The minimum absolute atomic E-state index is 0.0856. The summed E-state index contributed by atoms with van der Waals surface area (Å²) in [7, 11) is -4.08. The summed E-state index contributed by atoms with van der Waals surface area (Å²) in [5.41, 5.74) is 0.844. The summed E-state index contributed by atoms with van der Waals surface area (Å²) in [5, 5.41) is 3.15. The average Bonchev–Trinajstić information content (AvgIpc) is 2.14. The molecule has 0 aromatic heterocycles. The molecule has 0 radical (unpaired) electrons. The Morgan fingerprint density at radius 3 is 2.20 bits per heavy atom. The molecule has 0 aliphatic heterocycles. The van der Waals surface area contributed by atoms with Gasteiger partial charge in [0.25, 0.3) is 10.1 Å². The highest BCUT2D eigenvalue weighted by atomic mass is 32.2. The highest BCUT2D eigenvalue weighted by Gasteiger charge is 2.08. The van der Waals surface area contributed by atoms with Gasteiger partial charge in [0.15, 0.2) is 0 Å². The lowest BCUT2D eigenvalue weighted by atomic mass is 10.2. The Bertz CT molecular complexity index is 409. The van der Waals surface area contributed by atoms with E-state index in [1.165, 1.54) is 12.1 Å². The lowest BCUT2D eigenvalue weighted by Crippen LogP contribution is -2.08. The summed E-state index contributed by atoms with van der Waals surface area (Å²) < 4.78 is 30.2. The molecule has 1 aromatic rings. The van der Waals surface area contributed by atoms with Crippen molar-refractivity contribution >= 4 is 15.8 Å². The molecule has 4 nitrogen and oxygen atoms in total. The molecule has 0 spiro atoms. The van der Waals surface area contributed by atoms with Crippen molar-refractivity contribution in [2.45, 2.75) is 18.7 Å². The van der Waals surface area contributed by atoms with Crippen molar-refractivity contribution in [3.05, 3.63) is 24.3 Å². The van der Waals surface area contributed by atoms with Crippen LogP contribution in [0.3, 0.4) is 0 Å². The third-order valence-electron chi connectivity index (χ3n) is 1.87. The van der Waals surface area contributed by atoms with Crippen molar-refractivity contribution in [1.82, 2.24) is 0 Å². The van der Waals surface area contributed by atoms with Crippen LogP contribution in [-0.4, -0.2) is 19.5 Å². The quantitative estimate of drug-likeness (QED) is 0.775. The van der Waals surface area contributed by atoms with Crippen LogP contribution in [0.2, 0.25) is 0 Å². The zero-order chi connectivity index (χ0) is 11.5. The number of hydrogen-bond acceptors (Lipinski definition) is 3. The molecule has 0 atom stereocenters. The largest absolute Gasteiger partial charge is 0.385 e. The minimum atomic E-state index is -4.08. The first-order chi connectivity index (χ1) is 6.89. The van der Waals surface area contributed by atoms with Crippen LogP contribution in [0.25, 0.3) is 0 Å². The minimum Gasteiger partial charge on any atom is -0.385 e. The fraction of sp³-hybridized carbons (Fsp3) is 0.400. The molecule has 15 heavy (non-hydrogen) atoms. The Morgan fingerprint density at radius 2 is 1.80 bits per heavy atom. The normalized spacial score (nSPS) is 11.7. The predicted octanol–water partition coefficient (Wildman–Crippen LogP) is 2.00. The van der Waals surface area contributed by atoms with Crippen molar-refractivity contribution in [3.63, 3.8) is 0 Å². The second-order valence-corrected chi connectivity index (χ2v) is 5.20. The average molecular weight is 229 g/mol. The second kappa shape index (κ2) is 4.63. The molecule has 1 rings (SSSR count). The van der Waals surface area contributed by atoms with E-state index in [0.717, 1.165) is 12.2 Å². The first-order valence-corrected chi connectivity index (χ1v) is 6.15. The summed E-state index contributed by atoms with van der Waals surface area (Å²) in [6.07, 6.45) is 0. The van der Waals surface area contributed by atoms with Crippen molar-refractivity contribution in [1.29, 1.82) is 0 Å². The van der Waals surface area contributed by atoms with Gasteiger partial charge in [-0.05, 0) is 30.2 Å². The molecule has 1 aromatic carbocycles. The van der Waals surface area contributed by atoms with E-state index in [0.29, 0.717) is 5.92 Å². The van der Waals surface area contributed by atoms with Crippen LogP contribution >= 0.6 is 0 Å². The second-order valence-electron chi connectivity index (χ2n) is 3.77. The maximum atomic E-state index is 10.7. The molecule has 0 saturated carbocycles. The molecule has 5 heteroatoms. The Labute approximate surface area is 90.1 Å². The molecular formula is C10H15NO3S. The highest BCUT2D eigenvalue weighted by Crippen LogP contribution is 2.13. The van der Waals surface area contributed by atoms with E-state index in [2.05, 4.69) is 19.2 Å². The molecular weight excluding hydrogens is 214 g/mol. The molecule has 0 saturated heterocycles. The first kappa shape index (κ1) is 12.0. The summed E-state index contributed by atoms with van der Waals surface area (Å²) in [5.74, 6) is 0.520. The Balaban J connectivity index is 2.73. The lowest BCUT2D eigenvalue weighted by Gasteiger charge is -2.08. The maximum absolute atomic E-state index is 10.7. The zero-order valence-corrected chi connectivity index (χ0v) is 9.58. The molecule has 0 aliphatic carbocycles. The van der Waals surface area contributed by atoms with Crippen LogP contribution in [0.15, 0.2) is 29.2 Å². The summed E-state index contributed by atoms with van der Waals surface area (Å²) in [4.78, 5) is -0.0856. The highest BCUT2D eigenvalue weighted by molar-refractivity contribution is 7.85. The fourth-order valence-corrected chi connectivity index (χ4v) is 1.55. The summed E-state index contributed by atoms with van der Waals surface area (Å²) >= 11 is 0. The van der Waals surface area contributed by atoms with E-state index < -0.39 is 10.1 Å². The van der Waals surface area contributed by atoms with E-state index in [1.807, 2.05) is 0 Å². The molecule has 0 bridgehead atoms. The molecule has 0 amide bonds.